The summed E-state index contributed by atoms with van der Waals surface area (Å²) < 4.78 is 0. The van der Waals surface area contributed by atoms with Gasteiger partial charge in [0.05, 0.1) is 5.41 Å². The Hall–Kier alpha value is -1.88. The molecule has 0 unspecified atom stereocenters. The summed E-state index contributed by atoms with van der Waals surface area (Å²) in [6, 6.07) is 7.32. The fourth-order valence-corrected chi connectivity index (χ4v) is 2.14. The number of hydrogen-bond donors (Lipinski definition) is 3. The van der Waals surface area contributed by atoms with Crippen LogP contribution in [-0.2, 0) is 4.79 Å². The lowest BCUT2D eigenvalue weighted by Gasteiger charge is -2.13. The first-order valence-electron chi connectivity index (χ1n) is 7.05. The van der Waals surface area contributed by atoms with Crippen LogP contribution in [0.5, 0.6) is 0 Å². The van der Waals surface area contributed by atoms with Crippen molar-refractivity contribution in [3.8, 4) is 0 Å². The second-order valence-electron chi connectivity index (χ2n) is 5.76. The molecule has 0 radical (unpaired) electrons. The van der Waals surface area contributed by atoms with Gasteiger partial charge in [-0.1, -0.05) is 0 Å². The number of nitrogens with one attached hydrogen (secondary N) is 2. The average molecular weight is 273 g/mol. The predicted octanol–water partition coefficient (Wildman–Crippen LogP) is 1.26. The number of nitrogens with two attached hydrogens (primary N) is 1. The molecule has 2 amide bonds. The number of carbonyl (C=O) groups is 2. The summed E-state index contributed by atoms with van der Waals surface area (Å²) >= 11 is 0. The van der Waals surface area contributed by atoms with Gasteiger partial charge in [-0.25, -0.2) is 0 Å². The van der Waals surface area contributed by atoms with E-state index in [1.54, 1.807) is 24.3 Å². The molecule has 0 aromatic heterocycles. The van der Waals surface area contributed by atoms with Crippen molar-refractivity contribution < 1.29 is 9.59 Å². The lowest BCUT2D eigenvalue weighted by Crippen LogP contribution is -2.30. The summed E-state index contributed by atoms with van der Waals surface area (Å²) in [5, 5.41) is 5.80. The van der Waals surface area contributed by atoms with Crippen LogP contribution in [0.4, 0.5) is 5.69 Å². The third kappa shape index (κ3) is 2.67. The minimum absolute atomic E-state index is 0.0184. The highest BCUT2D eigenvalue weighted by Gasteiger charge is 2.48. The van der Waals surface area contributed by atoms with Crippen molar-refractivity contribution in [3.63, 3.8) is 0 Å². The summed E-state index contributed by atoms with van der Waals surface area (Å²) in [4.78, 5) is 23.9. The van der Waals surface area contributed by atoms with Gasteiger partial charge in [0.15, 0.2) is 0 Å². The predicted molar refractivity (Wildman–Crippen MR) is 76.3 cm³/mol. The number of benzene rings is 1. The molecule has 0 bridgehead atoms. The van der Waals surface area contributed by atoms with Gasteiger partial charge in [-0.2, -0.15) is 0 Å². The molecular weight excluding hydrogens is 254 g/mol. The van der Waals surface area contributed by atoms with E-state index in [9.17, 15) is 9.59 Å². The Kier molecular flexibility index (Phi) is 3.22. The van der Waals surface area contributed by atoms with Crippen LogP contribution in [-0.4, -0.2) is 24.4 Å². The van der Waals surface area contributed by atoms with E-state index in [4.69, 9.17) is 5.73 Å². The average Bonchev–Trinajstić information content (AvgIpc) is 3.34. The van der Waals surface area contributed by atoms with Gasteiger partial charge in [0.25, 0.3) is 5.91 Å². The highest BCUT2D eigenvalue weighted by Crippen LogP contribution is 2.45. The minimum Gasteiger partial charge on any atom is -0.349 e. The Morgan fingerprint density at radius 3 is 2.35 bits per heavy atom. The fraction of sp³-hybridized carbons (Fsp3) is 0.467. The maximum Gasteiger partial charge on any atom is 0.251 e. The van der Waals surface area contributed by atoms with Crippen LogP contribution in [0.15, 0.2) is 24.3 Å². The van der Waals surface area contributed by atoms with Crippen molar-refractivity contribution in [1.82, 2.24) is 5.32 Å². The van der Waals surface area contributed by atoms with Crippen LogP contribution in [0.25, 0.3) is 0 Å². The summed E-state index contributed by atoms with van der Waals surface area (Å²) in [6.45, 7) is 0.390. The number of rotatable bonds is 5. The highest BCUT2D eigenvalue weighted by atomic mass is 16.2. The van der Waals surface area contributed by atoms with Crippen LogP contribution in [0.1, 0.15) is 36.0 Å². The van der Waals surface area contributed by atoms with Crippen molar-refractivity contribution >= 4 is 17.5 Å². The Balaban J connectivity index is 1.61. The van der Waals surface area contributed by atoms with Gasteiger partial charge in [-0.15, -0.1) is 0 Å². The Morgan fingerprint density at radius 1 is 1.20 bits per heavy atom. The standard InChI is InChI=1S/C15H19N3O2/c16-9-15(7-8-15)14(20)18-12-3-1-10(2-4-12)13(19)17-11-5-6-11/h1-4,11H,5-9,16H2,(H,17,19)(H,18,20). The molecule has 1 aromatic carbocycles. The van der Waals surface area contributed by atoms with E-state index in [2.05, 4.69) is 10.6 Å². The van der Waals surface area contributed by atoms with E-state index in [-0.39, 0.29) is 17.2 Å². The van der Waals surface area contributed by atoms with Crippen LogP contribution in [0.2, 0.25) is 0 Å². The lowest BCUT2D eigenvalue weighted by molar-refractivity contribution is -0.120. The first-order valence-corrected chi connectivity index (χ1v) is 7.05. The maximum absolute atomic E-state index is 12.0. The number of carbonyl (C=O) groups excluding carboxylic acids is 2. The molecule has 2 aliphatic carbocycles. The second kappa shape index (κ2) is 4.90. The van der Waals surface area contributed by atoms with Gasteiger partial charge >= 0.3 is 0 Å². The Labute approximate surface area is 117 Å². The number of anilines is 1. The summed E-state index contributed by atoms with van der Waals surface area (Å²) in [5.74, 6) is -0.0684. The molecule has 2 aliphatic rings. The molecule has 3 rings (SSSR count). The summed E-state index contributed by atoms with van der Waals surface area (Å²) in [7, 11) is 0. The third-order valence-electron chi connectivity index (χ3n) is 4.04. The smallest absolute Gasteiger partial charge is 0.251 e. The Morgan fingerprint density at radius 2 is 1.85 bits per heavy atom. The molecule has 4 N–H and O–H groups in total. The quantitative estimate of drug-likeness (QED) is 0.755. The minimum atomic E-state index is -0.359. The second-order valence-corrected chi connectivity index (χ2v) is 5.76. The molecule has 0 atom stereocenters. The number of amides is 2. The zero-order valence-electron chi connectivity index (χ0n) is 11.3. The first-order chi connectivity index (χ1) is 9.63. The Bertz CT molecular complexity index is 531. The van der Waals surface area contributed by atoms with Crippen molar-refractivity contribution in [1.29, 1.82) is 0 Å². The molecule has 0 saturated heterocycles. The molecule has 0 heterocycles. The normalized spacial score (nSPS) is 19.2. The lowest BCUT2D eigenvalue weighted by atomic mass is 10.1. The molecule has 1 aromatic rings. The molecule has 20 heavy (non-hydrogen) atoms. The van der Waals surface area contributed by atoms with Crippen molar-refractivity contribution in [2.45, 2.75) is 31.7 Å². The van der Waals surface area contributed by atoms with Crippen molar-refractivity contribution in [2.75, 3.05) is 11.9 Å². The van der Waals surface area contributed by atoms with E-state index >= 15 is 0 Å². The molecule has 106 valence electrons. The molecule has 0 aliphatic heterocycles. The highest BCUT2D eigenvalue weighted by molar-refractivity contribution is 5.98. The SMILES string of the molecule is NCC1(C(=O)Nc2ccc(C(=O)NC3CC3)cc2)CC1. The summed E-state index contributed by atoms with van der Waals surface area (Å²) in [5.41, 5.74) is 6.59. The third-order valence-corrected chi connectivity index (χ3v) is 4.04. The molecule has 2 fully saturated rings. The zero-order valence-corrected chi connectivity index (χ0v) is 11.3. The molecular formula is C15H19N3O2. The molecule has 0 spiro atoms. The largest absolute Gasteiger partial charge is 0.349 e. The van der Waals surface area contributed by atoms with E-state index in [1.807, 2.05) is 0 Å². The van der Waals surface area contributed by atoms with Gasteiger partial charge in [0.2, 0.25) is 5.91 Å². The van der Waals surface area contributed by atoms with Crippen molar-refractivity contribution in [2.24, 2.45) is 11.1 Å². The van der Waals surface area contributed by atoms with E-state index < -0.39 is 0 Å². The van der Waals surface area contributed by atoms with Crippen LogP contribution in [0, 0.1) is 5.41 Å². The van der Waals surface area contributed by atoms with Gasteiger partial charge in [0, 0.05) is 23.8 Å². The zero-order chi connectivity index (χ0) is 14.2. The first kappa shape index (κ1) is 13.1. The van der Waals surface area contributed by atoms with Crippen molar-refractivity contribution in [3.05, 3.63) is 29.8 Å². The van der Waals surface area contributed by atoms with Gasteiger partial charge in [-0.05, 0) is 49.9 Å². The van der Waals surface area contributed by atoms with Crippen LogP contribution < -0.4 is 16.4 Å². The van der Waals surface area contributed by atoms with Gasteiger partial charge in [-0.3, -0.25) is 9.59 Å². The topological polar surface area (TPSA) is 84.2 Å². The molecule has 5 nitrogen and oxygen atoms in total. The monoisotopic (exact) mass is 273 g/mol. The van der Waals surface area contributed by atoms with Crippen LogP contribution >= 0.6 is 0 Å². The van der Waals surface area contributed by atoms with E-state index in [0.29, 0.717) is 23.8 Å². The molecule has 2 saturated carbocycles. The van der Waals surface area contributed by atoms with Gasteiger partial charge < -0.3 is 16.4 Å². The van der Waals surface area contributed by atoms with E-state index in [0.717, 1.165) is 25.7 Å². The fourth-order valence-electron chi connectivity index (χ4n) is 2.14. The van der Waals surface area contributed by atoms with E-state index in [1.165, 1.54) is 0 Å². The number of hydrogen-bond acceptors (Lipinski definition) is 3. The summed E-state index contributed by atoms with van der Waals surface area (Å²) in [6.07, 6.45) is 3.86. The molecule has 5 heteroatoms. The van der Waals surface area contributed by atoms with Crippen LogP contribution in [0.3, 0.4) is 0 Å². The maximum atomic E-state index is 12.0. The van der Waals surface area contributed by atoms with Gasteiger partial charge in [0.1, 0.15) is 0 Å².